The van der Waals surface area contributed by atoms with Gasteiger partial charge in [0.15, 0.2) is 0 Å². The second kappa shape index (κ2) is 5.61. The smallest absolute Gasteiger partial charge is 0.241 e. The molecule has 0 heterocycles. The highest BCUT2D eigenvalue weighted by atomic mass is 19.1. The van der Waals surface area contributed by atoms with Gasteiger partial charge in [-0.25, -0.2) is 4.39 Å². The van der Waals surface area contributed by atoms with Crippen LogP contribution in [0.5, 0.6) is 0 Å². The van der Waals surface area contributed by atoms with Gasteiger partial charge < -0.3 is 11.1 Å². The molecule has 0 fully saturated rings. The van der Waals surface area contributed by atoms with Crippen molar-refractivity contribution in [3.63, 3.8) is 0 Å². The Balaban J connectivity index is 2.57. The fourth-order valence-corrected chi connectivity index (χ4v) is 1.42. The number of rotatable bonds is 4. The molecule has 0 aliphatic carbocycles. The lowest BCUT2D eigenvalue weighted by atomic mass is 10.0. The summed E-state index contributed by atoms with van der Waals surface area (Å²) < 4.78 is 12.8. The lowest BCUT2D eigenvalue weighted by molar-refractivity contribution is -0.117. The summed E-state index contributed by atoms with van der Waals surface area (Å²) in [4.78, 5) is 11.6. The third-order valence-electron chi connectivity index (χ3n) is 2.15. The molecule has 16 heavy (non-hydrogen) atoms. The van der Waals surface area contributed by atoms with Crippen LogP contribution in [0.1, 0.15) is 20.3 Å². The minimum Gasteiger partial charge on any atom is -0.325 e. The summed E-state index contributed by atoms with van der Waals surface area (Å²) in [5.74, 6) is -0.303. The first kappa shape index (κ1) is 12.6. The normalized spacial score (nSPS) is 12.6. The molecule has 0 radical (unpaired) electrons. The first-order valence-electron chi connectivity index (χ1n) is 5.31. The number of benzene rings is 1. The first-order chi connectivity index (χ1) is 7.49. The van der Waals surface area contributed by atoms with Crippen molar-refractivity contribution in [1.29, 1.82) is 0 Å². The van der Waals surface area contributed by atoms with Crippen molar-refractivity contribution in [3.05, 3.63) is 30.1 Å². The van der Waals surface area contributed by atoms with Crippen molar-refractivity contribution >= 4 is 11.6 Å². The van der Waals surface area contributed by atoms with Crippen molar-refractivity contribution < 1.29 is 9.18 Å². The summed E-state index contributed by atoms with van der Waals surface area (Å²) in [7, 11) is 0. The molecule has 0 bridgehead atoms. The van der Waals surface area contributed by atoms with Gasteiger partial charge in [-0.1, -0.05) is 19.9 Å². The van der Waals surface area contributed by atoms with Gasteiger partial charge in [0.1, 0.15) is 5.82 Å². The third-order valence-corrected chi connectivity index (χ3v) is 2.15. The van der Waals surface area contributed by atoms with E-state index in [-0.39, 0.29) is 11.7 Å². The number of nitrogens with two attached hydrogens (primary N) is 1. The maximum atomic E-state index is 12.8. The summed E-state index contributed by atoms with van der Waals surface area (Å²) in [5, 5.41) is 2.58. The molecule has 3 N–H and O–H groups in total. The van der Waals surface area contributed by atoms with E-state index < -0.39 is 6.04 Å². The van der Waals surface area contributed by atoms with Gasteiger partial charge in [-0.15, -0.1) is 0 Å². The molecule has 0 aliphatic heterocycles. The van der Waals surface area contributed by atoms with Crippen molar-refractivity contribution in [3.8, 4) is 0 Å². The molecule has 0 saturated carbocycles. The molecule has 0 saturated heterocycles. The van der Waals surface area contributed by atoms with E-state index in [4.69, 9.17) is 5.73 Å². The number of hydrogen-bond acceptors (Lipinski definition) is 2. The largest absolute Gasteiger partial charge is 0.325 e. The van der Waals surface area contributed by atoms with E-state index in [1.54, 1.807) is 12.1 Å². The Kier molecular flexibility index (Phi) is 4.43. The summed E-state index contributed by atoms with van der Waals surface area (Å²) >= 11 is 0. The molecule has 4 heteroatoms. The van der Waals surface area contributed by atoms with Gasteiger partial charge in [0, 0.05) is 5.69 Å². The molecular weight excluding hydrogens is 207 g/mol. The Bertz CT molecular complexity index is 366. The van der Waals surface area contributed by atoms with E-state index in [1.807, 2.05) is 13.8 Å². The first-order valence-corrected chi connectivity index (χ1v) is 5.31. The van der Waals surface area contributed by atoms with Crippen molar-refractivity contribution in [2.24, 2.45) is 11.7 Å². The lowest BCUT2D eigenvalue weighted by Crippen LogP contribution is -2.36. The molecule has 1 aromatic rings. The molecule has 3 nitrogen and oxygen atoms in total. The SMILES string of the molecule is CC(C)C[C@H](N)C(=O)Nc1cccc(F)c1. The fourth-order valence-electron chi connectivity index (χ4n) is 1.42. The topological polar surface area (TPSA) is 55.1 Å². The fraction of sp³-hybridized carbons (Fsp3) is 0.417. The van der Waals surface area contributed by atoms with E-state index in [1.165, 1.54) is 12.1 Å². The summed E-state index contributed by atoms with van der Waals surface area (Å²) in [6.07, 6.45) is 0.612. The quantitative estimate of drug-likeness (QED) is 0.823. The monoisotopic (exact) mass is 224 g/mol. The average molecular weight is 224 g/mol. The third kappa shape index (κ3) is 3.98. The van der Waals surface area contributed by atoms with Gasteiger partial charge in [-0.2, -0.15) is 0 Å². The maximum Gasteiger partial charge on any atom is 0.241 e. The van der Waals surface area contributed by atoms with Gasteiger partial charge >= 0.3 is 0 Å². The van der Waals surface area contributed by atoms with Crippen LogP contribution < -0.4 is 11.1 Å². The van der Waals surface area contributed by atoms with Crippen LogP contribution >= 0.6 is 0 Å². The summed E-state index contributed by atoms with van der Waals surface area (Å²) in [6.45, 7) is 3.99. The zero-order valence-corrected chi connectivity index (χ0v) is 9.53. The van der Waals surface area contributed by atoms with Gasteiger partial charge in [0.2, 0.25) is 5.91 Å². The average Bonchev–Trinajstić information content (AvgIpc) is 2.16. The van der Waals surface area contributed by atoms with Crippen LogP contribution in [0, 0.1) is 11.7 Å². The van der Waals surface area contributed by atoms with Gasteiger partial charge in [-0.3, -0.25) is 4.79 Å². The Morgan fingerprint density at radius 1 is 1.50 bits per heavy atom. The van der Waals surface area contributed by atoms with Crippen LogP contribution in [0.25, 0.3) is 0 Å². The zero-order chi connectivity index (χ0) is 12.1. The molecule has 1 aromatic carbocycles. The van der Waals surface area contributed by atoms with Crippen LogP contribution in [0.3, 0.4) is 0 Å². The minimum absolute atomic E-state index is 0.278. The van der Waals surface area contributed by atoms with Crippen LogP contribution in [-0.2, 0) is 4.79 Å². The molecule has 1 atom stereocenters. The van der Waals surface area contributed by atoms with E-state index >= 15 is 0 Å². The molecule has 0 aromatic heterocycles. The van der Waals surface area contributed by atoms with Crippen LogP contribution in [-0.4, -0.2) is 11.9 Å². The predicted molar refractivity (Wildman–Crippen MR) is 62.5 cm³/mol. The second-order valence-electron chi connectivity index (χ2n) is 4.24. The number of nitrogens with one attached hydrogen (secondary N) is 1. The van der Waals surface area contributed by atoms with E-state index in [2.05, 4.69) is 5.32 Å². The van der Waals surface area contributed by atoms with Crippen molar-refractivity contribution in [2.75, 3.05) is 5.32 Å². The molecule has 88 valence electrons. The predicted octanol–water partition coefficient (Wildman–Crippen LogP) is 2.14. The van der Waals surface area contributed by atoms with Crippen LogP contribution in [0.4, 0.5) is 10.1 Å². The van der Waals surface area contributed by atoms with E-state index in [9.17, 15) is 9.18 Å². The number of hydrogen-bond donors (Lipinski definition) is 2. The Hall–Kier alpha value is -1.42. The number of amides is 1. The van der Waals surface area contributed by atoms with Crippen molar-refractivity contribution in [1.82, 2.24) is 0 Å². The highest BCUT2D eigenvalue weighted by Gasteiger charge is 2.14. The molecule has 0 aliphatic rings. The Morgan fingerprint density at radius 3 is 2.75 bits per heavy atom. The van der Waals surface area contributed by atoms with E-state index in [0.717, 1.165) is 0 Å². The second-order valence-corrected chi connectivity index (χ2v) is 4.24. The van der Waals surface area contributed by atoms with Gasteiger partial charge in [-0.05, 0) is 30.5 Å². The Morgan fingerprint density at radius 2 is 2.19 bits per heavy atom. The van der Waals surface area contributed by atoms with Gasteiger partial charge in [0.05, 0.1) is 6.04 Å². The number of carbonyl (C=O) groups is 1. The van der Waals surface area contributed by atoms with Gasteiger partial charge in [0.25, 0.3) is 0 Å². The van der Waals surface area contributed by atoms with Crippen molar-refractivity contribution in [2.45, 2.75) is 26.3 Å². The number of carbonyl (C=O) groups excluding carboxylic acids is 1. The summed E-state index contributed by atoms with van der Waals surface area (Å²) in [5.41, 5.74) is 6.13. The molecule has 0 spiro atoms. The highest BCUT2D eigenvalue weighted by molar-refractivity contribution is 5.94. The molecular formula is C12H17FN2O. The Labute approximate surface area is 94.8 Å². The number of halogens is 1. The highest BCUT2D eigenvalue weighted by Crippen LogP contribution is 2.10. The molecule has 1 amide bonds. The molecule has 0 unspecified atom stereocenters. The lowest BCUT2D eigenvalue weighted by Gasteiger charge is -2.14. The standard InChI is InChI=1S/C12H17FN2O/c1-8(2)6-11(14)12(16)15-10-5-3-4-9(13)7-10/h3-5,7-8,11H,6,14H2,1-2H3,(H,15,16)/t11-/m0/s1. The zero-order valence-electron chi connectivity index (χ0n) is 9.53. The van der Waals surface area contributed by atoms with Crippen LogP contribution in [0.15, 0.2) is 24.3 Å². The maximum absolute atomic E-state index is 12.8. The van der Waals surface area contributed by atoms with Crippen LogP contribution in [0.2, 0.25) is 0 Å². The minimum atomic E-state index is -0.553. The number of anilines is 1. The molecule has 1 rings (SSSR count). The summed E-state index contributed by atoms with van der Waals surface area (Å²) in [6, 6.07) is 5.20. The van der Waals surface area contributed by atoms with E-state index in [0.29, 0.717) is 18.0 Å².